The molecule has 21 heavy (non-hydrogen) atoms. The first-order valence-electron chi connectivity index (χ1n) is 6.05. The van der Waals surface area contributed by atoms with Crippen LogP contribution in [0.15, 0.2) is 36.4 Å². The Morgan fingerprint density at radius 1 is 1.19 bits per heavy atom. The Bertz CT molecular complexity index is 677. The van der Waals surface area contributed by atoms with E-state index in [9.17, 15) is 10.1 Å². The minimum atomic E-state index is -0.502. The summed E-state index contributed by atoms with van der Waals surface area (Å²) in [5, 5.41) is 12.0. The molecule has 0 aromatic heterocycles. The number of nitrogens with zero attached hydrogens (tertiary/aromatic N) is 1. The summed E-state index contributed by atoms with van der Waals surface area (Å²) < 4.78 is 5.49. The van der Waals surface area contributed by atoms with Crippen LogP contribution >= 0.6 is 23.2 Å². The van der Waals surface area contributed by atoms with Gasteiger partial charge in [-0.3, -0.25) is 10.1 Å². The summed E-state index contributed by atoms with van der Waals surface area (Å²) >= 11 is 11.8. The van der Waals surface area contributed by atoms with Crippen molar-refractivity contribution in [2.24, 2.45) is 5.73 Å². The zero-order chi connectivity index (χ0) is 15.4. The first-order chi connectivity index (χ1) is 10.0. The summed E-state index contributed by atoms with van der Waals surface area (Å²) in [4.78, 5) is 10.6. The standard InChI is InChI=1S/C14H12Cl2N2O3/c15-11-3-2-10(12(16)6-11)8-21-14-4-1-9(7-17)5-13(14)18(19)20/h1-6H,7-8,17H2. The van der Waals surface area contributed by atoms with E-state index in [1.54, 1.807) is 24.3 Å². The number of ether oxygens (including phenoxy) is 1. The molecule has 0 atom stereocenters. The lowest BCUT2D eigenvalue weighted by molar-refractivity contribution is -0.386. The minimum absolute atomic E-state index is 0.110. The second-order valence-corrected chi connectivity index (χ2v) is 5.13. The fourth-order valence-corrected chi connectivity index (χ4v) is 2.21. The van der Waals surface area contributed by atoms with Gasteiger partial charge in [0.2, 0.25) is 0 Å². The van der Waals surface area contributed by atoms with Crippen LogP contribution in [0.5, 0.6) is 5.75 Å². The van der Waals surface area contributed by atoms with E-state index in [0.29, 0.717) is 21.2 Å². The van der Waals surface area contributed by atoms with Gasteiger partial charge in [0.05, 0.1) is 4.92 Å². The van der Waals surface area contributed by atoms with Crippen LogP contribution in [0.2, 0.25) is 10.0 Å². The highest BCUT2D eigenvalue weighted by molar-refractivity contribution is 6.35. The van der Waals surface area contributed by atoms with Gasteiger partial charge in [0.1, 0.15) is 6.61 Å². The number of rotatable bonds is 5. The van der Waals surface area contributed by atoms with E-state index in [2.05, 4.69) is 0 Å². The average Bonchev–Trinajstić information content (AvgIpc) is 2.46. The molecule has 110 valence electrons. The van der Waals surface area contributed by atoms with Gasteiger partial charge in [-0.15, -0.1) is 0 Å². The summed E-state index contributed by atoms with van der Waals surface area (Å²) in [5.41, 5.74) is 6.71. The van der Waals surface area contributed by atoms with Crippen LogP contribution in [0.3, 0.4) is 0 Å². The van der Waals surface area contributed by atoms with E-state index in [1.807, 2.05) is 0 Å². The first kappa shape index (κ1) is 15.6. The molecule has 0 spiro atoms. The molecule has 0 saturated carbocycles. The summed E-state index contributed by atoms with van der Waals surface area (Å²) in [6.07, 6.45) is 0. The molecule has 0 bridgehead atoms. The highest BCUT2D eigenvalue weighted by atomic mass is 35.5. The number of hydrogen-bond acceptors (Lipinski definition) is 4. The monoisotopic (exact) mass is 326 g/mol. The van der Waals surface area contributed by atoms with Crippen LogP contribution in [-0.2, 0) is 13.2 Å². The first-order valence-corrected chi connectivity index (χ1v) is 6.81. The molecule has 7 heteroatoms. The van der Waals surface area contributed by atoms with Crippen molar-refractivity contribution in [2.45, 2.75) is 13.2 Å². The van der Waals surface area contributed by atoms with Crippen LogP contribution in [-0.4, -0.2) is 4.92 Å². The number of nitro groups is 1. The van der Waals surface area contributed by atoms with Gasteiger partial charge in [-0.1, -0.05) is 35.3 Å². The van der Waals surface area contributed by atoms with Crippen LogP contribution < -0.4 is 10.5 Å². The number of nitrogens with two attached hydrogens (primary N) is 1. The molecule has 0 radical (unpaired) electrons. The molecule has 0 aliphatic carbocycles. The lowest BCUT2D eigenvalue weighted by Crippen LogP contribution is -2.02. The van der Waals surface area contributed by atoms with Gasteiger partial charge in [-0.05, 0) is 23.8 Å². The van der Waals surface area contributed by atoms with Crippen molar-refractivity contribution in [1.82, 2.24) is 0 Å². The Morgan fingerprint density at radius 2 is 1.95 bits per heavy atom. The third-order valence-electron chi connectivity index (χ3n) is 2.85. The van der Waals surface area contributed by atoms with Crippen LogP contribution in [0.1, 0.15) is 11.1 Å². The Labute approximate surface area is 131 Å². The topological polar surface area (TPSA) is 78.4 Å². The molecule has 0 aliphatic heterocycles. The van der Waals surface area contributed by atoms with Gasteiger partial charge in [0.25, 0.3) is 0 Å². The molecule has 0 fully saturated rings. The van der Waals surface area contributed by atoms with Gasteiger partial charge in [0.15, 0.2) is 5.75 Å². The van der Waals surface area contributed by atoms with E-state index in [-0.39, 0.29) is 24.6 Å². The van der Waals surface area contributed by atoms with Crippen molar-refractivity contribution >= 4 is 28.9 Å². The van der Waals surface area contributed by atoms with Gasteiger partial charge in [-0.25, -0.2) is 0 Å². The molecule has 0 heterocycles. The predicted molar refractivity (Wildman–Crippen MR) is 81.8 cm³/mol. The van der Waals surface area contributed by atoms with E-state index in [0.717, 1.165) is 0 Å². The summed E-state index contributed by atoms with van der Waals surface area (Å²) in [5.74, 6) is 0.170. The highest BCUT2D eigenvalue weighted by Gasteiger charge is 2.16. The van der Waals surface area contributed by atoms with Crippen LogP contribution in [0, 0.1) is 10.1 Å². The quantitative estimate of drug-likeness (QED) is 0.666. The lowest BCUT2D eigenvalue weighted by Gasteiger charge is -2.09. The molecule has 5 nitrogen and oxygen atoms in total. The number of halogens is 2. The SMILES string of the molecule is NCc1ccc(OCc2ccc(Cl)cc2Cl)c([N+](=O)[O-])c1. The fourth-order valence-electron chi connectivity index (χ4n) is 1.75. The van der Waals surface area contributed by atoms with E-state index >= 15 is 0 Å². The molecule has 0 amide bonds. The summed E-state index contributed by atoms with van der Waals surface area (Å²) in [6.45, 7) is 0.336. The number of nitro benzene ring substituents is 1. The van der Waals surface area contributed by atoms with E-state index < -0.39 is 4.92 Å². The zero-order valence-electron chi connectivity index (χ0n) is 10.9. The second kappa shape index (κ2) is 6.76. The Balaban J connectivity index is 2.21. The molecule has 2 N–H and O–H groups in total. The molecular formula is C14H12Cl2N2O3. The van der Waals surface area contributed by atoms with Crippen molar-refractivity contribution in [2.75, 3.05) is 0 Å². The van der Waals surface area contributed by atoms with Crippen LogP contribution in [0.25, 0.3) is 0 Å². The molecule has 2 aromatic carbocycles. The lowest BCUT2D eigenvalue weighted by atomic mass is 10.2. The summed E-state index contributed by atoms with van der Waals surface area (Å²) in [7, 11) is 0. The molecule has 2 rings (SSSR count). The van der Waals surface area contributed by atoms with E-state index in [1.165, 1.54) is 12.1 Å². The average molecular weight is 327 g/mol. The van der Waals surface area contributed by atoms with E-state index in [4.69, 9.17) is 33.7 Å². The summed E-state index contributed by atoms with van der Waals surface area (Å²) in [6, 6.07) is 9.60. The van der Waals surface area contributed by atoms with Crippen molar-refractivity contribution in [1.29, 1.82) is 0 Å². The Hall–Kier alpha value is -1.82. The minimum Gasteiger partial charge on any atom is -0.482 e. The van der Waals surface area contributed by atoms with Gasteiger partial charge < -0.3 is 10.5 Å². The van der Waals surface area contributed by atoms with Gasteiger partial charge in [0, 0.05) is 28.2 Å². The maximum atomic E-state index is 11.1. The van der Waals surface area contributed by atoms with Gasteiger partial charge in [-0.2, -0.15) is 0 Å². The highest BCUT2D eigenvalue weighted by Crippen LogP contribution is 2.30. The molecule has 0 saturated heterocycles. The second-order valence-electron chi connectivity index (χ2n) is 4.29. The Morgan fingerprint density at radius 3 is 2.57 bits per heavy atom. The zero-order valence-corrected chi connectivity index (χ0v) is 12.4. The smallest absolute Gasteiger partial charge is 0.311 e. The third-order valence-corrected chi connectivity index (χ3v) is 3.44. The third kappa shape index (κ3) is 3.85. The van der Waals surface area contributed by atoms with Crippen molar-refractivity contribution in [3.63, 3.8) is 0 Å². The van der Waals surface area contributed by atoms with Crippen LogP contribution in [0.4, 0.5) is 5.69 Å². The number of hydrogen-bond donors (Lipinski definition) is 1. The molecule has 0 aliphatic rings. The molecule has 0 unspecified atom stereocenters. The predicted octanol–water partition coefficient (Wildman–Crippen LogP) is 3.94. The van der Waals surface area contributed by atoms with Crippen molar-refractivity contribution < 1.29 is 9.66 Å². The molecule has 2 aromatic rings. The Kier molecular flexibility index (Phi) is 5.01. The largest absolute Gasteiger partial charge is 0.482 e. The molecular weight excluding hydrogens is 315 g/mol. The normalized spacial score (nSPS) is 10.4. The fraction of sp³-hybridized carbons (Fsp3) is 0.143. The maximum Gasteiger partial charge on any atom is 0.311 e. The maximum absolute atomic E-state index is 11.1. The van der Waals surface area contributed by atoms with Crippen molar-refractivity contribution in [3.05, 3.63) is 67.7 Å². The van der Waals surface area contributed by atoms with Gasteiger partial charge >= 0.3 is 5.69 Å². The van der Waals surface area contributed by atoms with Crippen molar-refractivity contribution in [3.8, 4) is 5.75 Å². The number of benzene rings is 2.